The van der Waals surface area contributed by atoms with Crippen LogP contribution in [0.2, 0.25) is 0 Å². The lowest BCUT2D eigenvalue weighted by Gasteiger charge is -2.38. The molecule has 17 heavy (non-hydrogen) atoms. The Labute approximate surface area is 104 Å². The molecular weight excluding hydrogens is 216 g/mol. The van der Waals surface area contributed by atoms with E-state index in [-0.39, 0.29) is 17.9 Å². The number of piperidine rings is 1. The lowest BCUT2D eigenvalue weighted by Crippen LogP contribution is -2.47. The van der Waals surface area contributed by atoms with Crippen LogP contribution in [-0.2, 0) is 4.79 Å². The summed E-state index contributed by atoms with van der Waals surface area (Å²) in [5.41, 5.74) is -0.0312. The highest BCUT2D eigenvalue weighted by atomic mass is 16.3. The van der Waals surface area contributed by atoms with Gasteiger partial charge in [0.25, 0.3) is 0 Å². The lowest BCUT2D eigenvalue weighted by molar-refractivity contribution is -0.123. The van der Waals surface area contributed by atoms with E-state index < -0.39 is 0 Å². The van der Waals surface area contributed by atoms with Crippen LogP contribution in [0.25, 0.3) is 0 Å². The molecule has 1 amide bonds. The van der Waals surface area contributed by atoms with E-state index >= 15 is 0 Å². The topological polar surface area (TPSA) is 52.6 Å². The fourth-order valence-electron chi connectivity index (χ4n) is 2.27. The fraction of sp³-hybridized carbons (Fsp3) is 0.923. The molecule has 1 rings (SSSR count). The molecule has 1 fully saturated rings. The van der Waals surface area contributed by atoms with Gasteiger partial charge < -0.3 is 10.4 Å². The highest BCUT2D eigenvalue weighted by molar-refractivity contribution is 5.78. The Hall–Kier alpha value is -0.610. The third-order valence-electron chi connectivity index (χ3n) is 3.32. The van der Waals surface area contributed by atoms with Crippen LogP contribution >= 0.6 is 0 Å². The van der Waals surface area contributed by atoms with Crippen LogP contribution in [-0.4, -0.2) is 48.7 Å². The summed E-state index contributed by atoms with van der Waals surface area (Å²) in [6.45, 7) is 9.45. The minimum atomic E-state index is -0.0312. The minimum Gasteiger partial charge on any atom is -0.396 e. The molecular formula is C13H26N2O2. The molecule has 0 aromatic rings. The molecule has 1 atom stereocenters. The molecule has 1 unspecified atom stereocenters. The summed E-state index contributed by atoms with van der Waals surface area (Å²) in [7, 11) is 0. The van der Waals surface area contributed by atoms with Gasteiger partial charge in [0.05, 0.1) is 6.54 Å². The smallest absolute Gasteiger partial charge is 0.234 e. The molecule has 0 aromatic heterocycles. The van der Waals surface area contributed by atoms with E-state index in [0.717, 1.165) is 32.5 Å². The normalized spacial score (nSPS) is 26.2. The Morgan fingerprint density at radius 1 is 1.53 bits per heavy atom. The number of hydrogen-bond donors (Lipinski definition) is 2. The van der Waals surface area contributed by atoms with Crippen molar-refractivity contribution in [2.45, 2.75) is 33.6 Å². The van der Waals surface area contributed by atoms with Crippen LogP contribution in [0.5, 0.6) is 0 Å². The maximum Gasteiger partial charge on any atom is 0.234 e. The van der Waals surface area contributed by atoms with Crippen LogP contribution in [0, 0.1) is 11.3 Å². The Morgan fingerprint density at radius 2 is 2.24 bits per heavy atom. The number of amides is 1. The molecule has 0 aromatic carbocycles. The molecule has 0 aliphatic carbocycles. The zero-order valence-corrected chi connectivity index (χ0v) is 11.3. The Balaban J connectivity index is 2.33. The van der Waals surface area contributed by atoms with E-state index in [2.05, 4.69) is 31.0 Å². The summed E-state index contributed by atoms with van der Waals surface area (Å²) >= 11 is 0. The largest absolute Gasteiger partial charge is 0.396 e. The van der Waals surface area contributed by atoms with Gasteiger partial charge >= 0.3 is 0 Å². The summed E-state index contributed by atoms with van der Waals surface area (Å²) < 4.78 is 0. The monoisotopic (exact) mass is 242 g/mol. The number of rotatable bonds is 5. The van der Waals surface area contributed by atoms with Crippen molar-refractivity contribution in [1.29, 1.82) is 0 Å². The predicted molar refractivity (Wildman–Crippen MR) is 68.7 cm³/mol. The van der Waals surface area contributed by atoms with E-state index in [1.165, 1.54) is 0 Å². The standard InChI is InChI=1S/C13H26N2O2/c1-11(2)7-14-12(17)8-15-6-4-5-13(3,9-15)10-16/h11,16H,4-10H2,1-3H3,(H,14,17). The minimum absolute atomic E-state index is 0.0312. The van der Waals surface area contributed by atoms with Crippen LogP contribution in [0.4, 0.5) is 0 Å². The Morgan fingerprint density at radius 3 is 2.82 bits per heavy atom. The van der Waals surface area contributed by atoms with Gasteiger partial charge in [0.2, 0.25) is 5.91 Å². The molecule has 4 nitrogen and oxygen atoms in total. The number of carbonyl (C=O) groups excluding carboxylic acids is 1. The van der Waals surface area contributed by atoms with Gasteiger partial charge in [-0.15, -0.1) is 0 Å². The molecule has 1 saturated heterocycles. The van der Waals surface area contributed by atoms with Crippen molar-refractivity contribution in [1.82, 2.24) is 10.2 Å². The second kappa shape index (κ2) is 6.36. The van der Waals surface area contributed by atoms with E-state index in [4.69, 9.17) is 0 Å². The average Bonchev–Trinajstić information content (AvgIpc) is 2.26. The molecule has 4 heteroatoms. The van der Waals surface area contributed by atoms with Gasteiger partial charge in [0, 0.05) is 25.1 Å². The van der Waals surface area contributed by atoms with Gasteiger partial charge in [-0.2, -0.15) is 0 Å². The second-order valence-electron chi connectivity index (χ2n) is 5.98. The first-order valence-electron chi connectivity index (χ1n) is 6.55. The Bertz CT molecular complexity index is 256. The van der Waals surface area contributed by atoms with E-state index in [9.17, 15) is 9.90 Å². The van der Waals surface area contributed by atoms with Gasteiger partial charge in [-0.3, -0.25) is 9.69 Å². The van der Waals surface area contributed by atoms with Gasteiger partial charge in [-0.05, 0) is 25.3 Å². The van der Waals surface area contributed by atoms with E-state index in [0.29, 0.717) is 12.5 Å². The molecule has 2 N–H and O–H groups in total. The summed E-state index contributed by atoms with van der Waals surface area (Å²) in [6, 6.07) is 0. The van der Waals surface area contributed by atoms with Gasteiger partial charge in [0.1, 0.15) is 0 Å². The quantitative estimate of drug-likeness (QED) is 0.751. The number of carbonyl (C=O) groups is 1. The lowest BCUT2D eigenvalue weighted by atomic mass is 9.83. The number of likely N-dealkylation sites (tertiary alicyclic amines) is 1. The highest BCUT2D eigenvalue weighted by Gasteiger charge is 2.30. The van der Waals surface area contributed by atoms with Crippen LogP contribution in [0.1, 0.15) is 33.6 Å². The number of nitrogens with zero attached hydrogens (tertiary/aromatic N) is 1. The molecule has 1 aliphatic rings. The first-order chi connectivity index (χ1) is 7.95. The zero-order valence-electron chi connectivity index (χ0n) is 11.3. The zero-order chi connectivity index (χ0) is 12.9. The van der Waals surface area contributed by atoms with E-state index in [1.807, 2.05) is 0 Å². The second-order valence-corrected chi connectivity index (χ2v) is 5.98. The van der Waals surface area contributed by atoms with Crippen molar-refractivity contribution in [3.05, 3.63) is 0 Å². The summed E-state index contributed by atoms with van der Waals surface area (Å²) in [6.07, 6.45) is 2.11. The van der Waals surface area contributed by atoms with Crippen molar-refractivity contribution in [2.24, 2.45) is 11.3 Å². The summed E-state index contributed by atoms with van der Waals surface area (Å²) in [5.74, 6) is 0.587. The molecule has 100 valence electrons. The molecule has 0 radical (unpaired) electrons. The SMILES string of the molecule is CC(C)CNC(=O)CN1CCCC(C)(CO)C1. The van der Waals surface area contributed by atoms with Crippen LogP contribution in [0.15, 0.2) is 0 Å². The molecule has 0 spiro atoms. The van der Waals surface area contributed by atoms with Crippen molar-refractivity contribution in [3.8, 4) is 0 Å². The van der Waals surface area contributed by atoms with E-state index in [1.54, 1.807) is 0 Å². The highest BCUT2D eigenvalue weighted by Crippen LogP contribution is 2.28. The van der Waals surface area contributed by atoms with Crippen molar-refractivity contribution >= 4 is 5.91 Å². The van der Waals surface area contributed by atoms with Gasteiger partial charge in [-0.25, -0.2) is 0 Å². The third-order valence-corrected chi connectivity index (χ3v) is 3.32. The Kier molecular flexibility index (Phi) is 5.40. The number of aliphatic hydroxyl groups excluding tert-OH is 1. The number of aliphatic hydroxyl groups is 1. The maximum absolute atomic E-state index is 11.7. The first-order valence-corrected chi connectivity index (χ1v) is 6.55. The number of nitrogens with one attached hydrogen (secondary N) is 1. The molecule has 1 heterocycles. The fourth-order valence-corrected chi connectivity index (χ4v) is 2.27. The maximum atomic E-state index is 11.7. The summed E-state index contributed by atoms with van der Waals surface area (Å²) in [4.78, 5) is 13.8. The van der Waals surface area contributed by atoms with Crippen LogP contribution < -0.4 is 5.32 Å². The number of hydrogen-bond acceptors (Lipinski definition) is 3. The van der Waals surface area contributed by atoms with Gasteiger partial charge in [-0.1, -0.05) is 20.8 Å². The van der Waals surface area contributed by atoms with Crippen molar-refractivity contribution in [2.75, 3.05) is 32.8 Å². The molecule has 0 saturated carbocycles. The van der Waals surface area contributed by atoms with Crippen molar-refractivity contribution in [3.63, 3.8) is 0 Å². The molecule has 0 bridgehead atoms. The predicted octanol–water partition coefficient (Wildman–Crippen LogP) is 0.853. The first kappa shape index (κ1) is 14.5. The van der Waals surface area contributed by atoms with Crippen LogP contribution in [0.3, 0.4) is 0 Å². The van der Waals surface area contributed by atoms with Gasteiger partial charge in [0.15, 0.2) is 0 Å². The summed E-state index contributed by atoms with van der Waals surface area (Å²) in [5, 5.41) is 12.3. The third kappa shape index (κ3) is 5.04. The van der Waals surface area contributed by atoms with Crippen molar-refractivity contribution < 1.29 is 9.90 Å². The average molecular weight is 242 g/mol. The molecule has 1 aliphatic heterocycles.